The molecule has 7 heteroatoms. The molecule has 1 amide bonds. The third kappa shape index (κ3) is 4.15. The maximum atomic E-state index is 13.1. The molecule has 2 fully saturated rings. The summed E-state index contributed by atoms with van der Waals surface area (Å²) >= 11 is 0. The van der Waals surface area contributed by atoms with Gasteiger partial charge in [0.25, 0.3) is 5.91 Å². The zero-order chi connectivity index (χ0) is 18.6. The second-order valence-corrected chi connectivity index (χ2v) is 7.35. The number of ether oxygens (including phenoxy) is 2. The molecule has 7 nitrogen and oxygen atoms in total. The summed E-state index contributed by atoms with van der Waals surface area (Å²) in [6, 6.07) is 2.38. The van der Waals surface area contributed by atoms with Crippen LogP contribution in [0, 0.1) is 0 Å². The summed E-state index contributed by atoms with van der Waals surface area (Å²) in [7, 11) is 1.73. The Balaban J connectivity index is 1.56. The van der Waals surface area contributed by atoms with Gasteiger partial charge in [-0.2, -0.15) is 0 Å². The van der Waals surface area contributed by atoms with Gasteiger partial charge in [-0.1, -0.05) is 0 Å². The Kier molecular flexibility index (Phi) is 5.71. The number of hydrogen-bond acceptors (Lipinski definition) is 5. The number of methoxy groups -OCH3 is 1. The Morgan fingerprint density at radius 1 is 1.48 bits per heavy atom. The van der Waals surface area contributed by atoms with Gasteiger partial charge in [-0.15, -0.1) is 0 Å². The van der Waals surface area contributed by atoms with Gasteiger partial charge < -0.3 is 24.3 Å². The van der Waals surface area contributed by atoms with Crippen LogP contribution in [-0.2, 0) is 27.4 Å². The van der Waals surface area contributed by atoms with Gasteiger partial charge in [-0.05, 0) is 30.9 Å². The first-order valence-corrected chi connectivity index (χ1v) is 9.81. The fraction of sp³-hybridized carbons (Fsp3) is 0.600. The highest BCUT2D eigenvalue weighted by Gasteiger charge is 2.37. The highest BCUT2D eigenvalue weighted by Crippen LogP contribution is 2.31. The molecular formula is C20H28N4O3. The third-order valence-electron chi connectivity index (χ3n) is 5.33. The first-order chi connectivity index (χ1) is 13.3. The maximum absolute atomic E-state index is 13.1. The molecule has 1 N–H and O–H groups in total. The third-order valence-corrected chi connectivity index (χ3v) is 5.33. The molecule has 0 radical (unpaired) electrons. The Labute approximate surface area is 159 Å². The van der Waals surface area contributed by atoms with E-state index in [1.807, 2.05) is 23.4 Å². The Bertz CT molecular complexity index is 781. The number of aromatic nitrogens is 2. The lowest BCUT2D eigenvalue weighted by Crippen LogP contribution is -2.49. The van der Waals surface area contributed by atoms with E-state index in [1.54, 1.807) is 7.11 Å². The van der Waals surface area contributed by atoms with Crippen LogP contribution in [0.2, 0.25) is 0 Å². The molecular weight excluding hydrogens is 344 g/mol. The van der Waals surface area contributed by atoms with E-state index in [9.17, 15) is 4.79 Å². The molecule has 0 aromatic carbocycles. The van der Waals surface area contributed by atoms with Crippen molar-refractivity contribution in [1.29, 1.82) is 0 Å². The molecule has 1 aliphatic heterocycles. The molecule has 4 rings (SSSR count). The van der Waals surface area contributed by atoms with Gasteiger partial charge in [-0.3, -0.25) is 9.78 Å². The molecule has 146 valence electrons. The molecule has 0 bridgehead atoms. The van der Waals surface area contributed by atoms with Gasteiger partial charge in [0, 0.05) is 69.9 Å². The zero-order valence-corrected chi connectivity index (χ0v) is 15.9. The number of carbonyl (C=O) groups excluding carboxylic acids is 1. The van der Waals surface area contributed by atoms with Crippen LogP contribution >= 0.6 is 0 Å². The number of aryl methyl sites for hydroxylation is 1. The van der Waals surface area contributed by atoms with Crippen LogP contribution in [0.3, 0.4) is 0 Å². The quantitative estimate of drug-likeness (QED) is 0.712. The molecule has 27 heavy (non-hydrogen) atoms. The lowest BCUT2D eigenvalue weighted by Gasteiger charge is -2.30. The molecule has 1 aliphatic carbocycles. The fourth-order valence-electron chi connectivity index (χ4n) is 3.77. The van der Waals surface area contributed by atoms with Gasteiger partial charge in [-0.25, -0.2) is 0 Å². The van der Waals surface area contributed by atoms with Crippen molar-refractivity contribution in [3.8, 4) is 0 Å². The van der Waals surface area contributed by atoms with Gasteiger partial charge in [0.2, 0.25) is 0 Å². The van der Waals surface area contributed by atoms with E-state index in [0.29, 0.717) is 25.7 Å². The molecule has 1 saturated heterocycles. The summed E-state index contributed by atoms with van der Waals surface area (Å²) in [4.78, 5) is 19.4. The van der Waals surface area contributed by atoms with Crippen LogP contribution < -0.4 is 5.32 Å². The van der Waals surface area contributed by atoms with E-state index < -0.39 is 0 Å². The summed E-state index contributed by atoms with van der Waals surface area (Å²) in [6.07, 6.45) is 8.65. The number of amides is 1. The number of pyridine rings is 1. The average Bonchev–Trinajstić information content (AvgIpc) is 3.50. The zero-order valence-electron chi connectivity index (χ0n) is 15.9. The minimum Gasteiger partial charge on any atom is -0.385 e. The van der Waals surface area contributed by atoms with Crippen molar-refractivity contribution in [1.82, 2.24) is 19.8 Å². The van der Waals surface area contributed by atoms with E-state index in [1.165, 1.54) is 0 Å². The fourth-order valence-corrected chi connectivity index (χ4v) is 3.77. The largest absolute Gasteiger partial charge is 0.385 e. The standard InChI is InChI=1S/C20H28N4O3/c1-26-9-2-8-23-13-15(17-11-21-6-5-18(17)23)14-24(16-3-4-16)20(25)19-12-22-7-10-27-19/h5-6,11,13,16,19,22H,2-4,7-10,12,14H2,1H3/t19-/m1/s1. The second kappa shape index (κ2) is 8.37. The first-order valence-electron chi connectivity index (χ1n) is 9.81. The van der Waals surface area contributed by atoms with Crippen LogP contribution in [-0.4, -0.2) is 65.9 Å². The molecule has 2 aromatic heterocycles. The Morgan fingerprint density at radius 3 is 3.11 bits per heavy atom. The number of nitrogens with zero attached hydrogens (tertiary/aromatic N) is 3. The number of morpholine rings is 1. The number of hydrogen-bond donors (Lipinski definition) is 1. The van der Waals surface area contributed by atoms with E-state index in [4.69, 9.17) is 9.47 Å². The number of rotatable bonds is 8. The van der Waals surface area contributed by atoms with Crippen molar-refractivity contribution < 1.29 is 14.3 Å². The summed E-state index contributed by atoms with van der Waals surface area (Å²) in [5, 5.41) is 4.38. The topological polar surface area (TPSA) is 68.6 Å². The minimum absolute atomic E-state index is 0.105. The summed E-state index contributed by atoms with van der Waals surface area (Å²) in [5.41, 5.74) is 2.31. The minimum atomic E-state index is -0.368. The SMILES string of the molecule is COCCCn1cc(CN(C(=O)[C@H]2CNCCO2)C2CC2)c2cnccc21. The Morgan fingerprint density at radius 2 is 2.37 bits per heavy atom. The normalized spacial score (nSPS) is 20.1. The summed E-state index contributed by atoms with van der Waals surface area (Å²) in [6.45, 7) is 4.25. The van der Waals surface area contributed by atoms with Crippen molar-refractivity contribution in [2.24, 2.45) is 0 Å². The van der Waals surface area contributed by atoms with Crippen LogP contribution in [0.5, 0.6) is 0 Å². The first kappa shape index (κ1) is 18.4. The predicted molar refractivity (Wildman–Crippen MR) is 102 cm³/mol. The lowest BCUT2D eigenvalue weighted by atomic mass is 10.2. The van der Waals surface area contributed by atoms with Crippen LogP contribution in [0.1, 0.15) is 24.8 Å². The van der Waals surface area contributed by atoms with Crippen molar-refractivity contribution in [3.63, 3.8) is 0 Å². The monoisotopic (exact) mass is 372 g/mol. The molecule has 0 spiro atoms. The molecule has 3 heterocycles. The van der Waals surface area contributed by atoms with Crippen LogP contribution in [0.25, 0.3) is 10.9 Å². The Hall–Kier alpha value is -1.96. The molecule has 1 saturated carbocycles. The van der Waals surface area contributed by atoms with E-state index in [-0.39, 0.29) is 12.0 Å². The highest BCUT2D eigenvalue weighted by molar-refractivity contribution is 5.85. The predicted octanol–water partition coefficient (Wildman–Crippen LogP) is 1.55. The van der Waals surface area contributed by atoms with E-state index in [0.717, 1.165) is 55.4 Å². The number of fused-ring (bicyclic) bond motifs is 1. The van der Waals surface area contributed by atoms with Gasteiger partial charge in [0.15, 0.2) is 0 Å². The molecule has 0 unspecified atom stereocenters. The summed E-state index contributed by atoms with van der Waals surface area (Å²) in [5.74, 6) is 0.105. The molecule has 2 aliphatic rings. The highest BCUT2D eigenvalue weighted by atomic mass is 16.5. The molecule has 2 aromatic rings. The average molecular weight is 372 g/mol. The number of nitrogens with one attached hydrogen (secondary N) is 1. The van der Waals surface area contributed by atoms with E-state index in [2.05, 4.69) is 21.1 Å². The van der Waals surface area contributed by atoms with Gasteiger partial charge in [0.1, 0.15) is 6.10 Å². The van der Waals surface area contributed by atoms with Crippen molar-refractivity contribution in [2.45, 2.75) is 44.5 Å². The van der Waals surface area contributed by atoms with Gasteiger partial charge >= 0.3 is 0 Å². The van der Waals surface area contributed by atoms with Gasteiger partial charge in [0.05, 0.1) is 12.1 Å². The summed E-state index contributed by atoms with van der Waals surface area (Å²) < 4.78 is 13.1. The maximum Gasteiger partial charge on any atom is 0.253 e. The van der Waals surface area contributed by atoms with Crippen molar-refractivity contribution in [2.75, 3.05) is 33.4 Å². The molecule has 1 atom stereocenters. The van der Waals surface area contributed by atoms with Crippen molar-refractivity contribution >= 4 is 16.8 Å². The lowest BCUT2D eigenvalue weighted by molar-refractivity contribution is -0.146. The van der Waals surface area contributed by atoms with Crippen LogP contribution in [0.15, 0.2) is 24.7 Å². The second-order valence-electron chi connectivity index (χ2n) is 7.35. The smallest absolute Gasteiger partial charge is 0.253 e. The number of carbonyl (C=O) groups is 1. The van der Waals surface area contributed by atoms with Crippen molar-refractivity contribution in [3.05, 3.63) is 30.2 Å². The van der Waals surface area contributed by atoms with Crippen LogP contribution in [0.4, 0.5) is 0 Å². The van der Waals surface area contributed by atoms with E-state index >= 15 is 0 Å².